The van der Waals surface area contributed by atoms with Gasteiger partial charge in [0.15, 0.2) is 5.78 Å². The van der Waals surface area contributed by atoms with Crippen molar-refractivity contribution in [3.8, 4) is 0 Å². The Kier molecular flexibility index (Phi) is 3.41. The molecule has 0 N–H and O–H groups in total. The molecular formula is C9H16O4. The van der Waals surface area contributed by atoms with E-state index >= 15 is 0 Å². The molecule has 4 atom stereocenters. The Hall–Kier alpha value is -0.450. The first-order chi connectivity index (χ1) is 6.11. The number of carbonyl (C=O) groups is 1. The molecular weight excluding hydrogens is 172 g/mol. The van der Waals surface area contributed by atoms with Gasteiger partial charge >= 0.3 is 0 Å². The molecule has 0 saturated carbocycles. The fraction of sp³-hybridized carbons (Fsp3) is 0.889. The van der Waals surface area contributed by atoms with Gasteiger partial charge in [-0.3, -0.25) is 4.79 Å². The molecule has 0 aromatic heterocycles. The van der Waals surface area contributed by atoms with Crippen molar-refractivity contribution >= 4 is 5.78 Å². The second-order valence-electron chi connectivity index (χ2n) is 3.26. The van der Waals surface area contributed by atoms with E-state index < -0.39 is 12.2 Å². The minimum Gasteiger partial charge on any atom is -0.371 e. The van der Waals surface area contributed by atoms with Crippen molar-refractivity contribution in [2.45, 2.75) is 38.3 Å². The van der Waals surface area contributed by atoms with Crippen LogP contribution in [-0.4, -0.2) is 44.4 Å². The van der Waals surface area contributed by atoms with Crippen LogP contribution in [-0.2, 0) is 19.0 Å². The van der Waals surface area contributed by atoms with Crippen LogP contribution >= 0.6 is 0 Å². The first kappa shape index (κ1) is 10.6. The first-order valence-electron chi connectivity index (χ1n) is 4.36. The Morgan fingerprint density at radius 1 is 1.08 bits per heavy atom. The van der Waals surface area contributed by atoms with Gasteiger partial charge in [0.1, 0.15) is 12.2 Å². The lowest BCUT2D eigenvalue weighted by Crippen LogP contribution is -2.54. The fourth-order valence-electron chi connectivity index (χ4n) is 1.72. The van der Waals surface area contributed by atoms with Gasteiger partial charge in [-0.25, -0.2) is 0 Å². The molecule has 1 unspecified atom stereocenters. The lowest BCUT2D eigenvalue weighted by atomic mass is 9.98. The normalized spacial score (nSPS) is 40.8. The minimum atomic E-state index is -0.499. The highest BCUT2D eigenvalue weighted by atomic mass is 16.6. The van der Waals surface area contributed by atoms with Crippen molar-refractivity contribution in [3.05, 3.63) is 0 Å². The van der Waals surface area contributed by atoms with E-state index in [9.17, 15) is 4.79 Å². The number of methoxy groups -OCH3 is 2. The Bertz CT molecular complexity index is 174. The summed E-state index contributed by atoms with van der Waals surface area (Å²) in [7, 11) is 3.01. The van der Waals surface area contributed by atoms with Crippen LogP contribution in [0.3, 0.4) is 0 Å². The Labute approximate surface area is 78.2 Å². The van der Waals surface area contributed by atoms with Gasteiger partial charge in [-0.15, -0.1) is 0 Å². The third-order valence-electron chi connectivity index (χ3n) is 2.35. The monoisotopic (exact) mass is 188 g/mol. The molecule has 0 bridgehead atoms. The van der Waals surface area contributed by atoms with Crippen LogP contribution in [0.5, 0.6) is 0 Å². The lowest BCUT2D eigenvalue weighted by molar-refractivity contribution is -0.184. The summed E-state index contributed by atoms with van der Waals surface area (Å²) in [6.45, 7) is 3.66. The van der Waals surface area contributed by atoms with Gasteiger partial charge in [-0.05, 0) is 13.8 Å². The molecule has 0 radical (unpaired) electrons. The van der Waals surface area contributed by atoms with Gasteiger partial charge in [-0.1, -0.05) is 0 Å². The summed E-state index contributed by atoms with van der Waals surface area (Å²) in [6.07, 6.45) is -1.39. The summed E-state index contributed by atoms with van der Waals surface area (Å²) in [6, 6.07) is 0. The summed E-state index contributed by atoms with van der Waals surface area (Å²) in [4.78, 5) is 11.7. The molecule has 1 rings (SSSR count). The van der Waals surface area contributed by atoms with E-state index in [1.807, 2.05) is 13.8 Å². The predicted octanol–water partition coefficient (Wildman–Crippen LogP) is 0.393. The van der Waals surface area contributed by atoms with Crippen LogP contribution in [0.1, 0.15) is 13.8 Å². The summed E-state index contributed by atoms with van der Waals surface area (Å²) in [5, 5.41) is 0. The molecule has 4 heteroatoms. The molecule has 0 aromatic rings. The second kappa shape index (κ2) is 4.17. The van der Waals surface area contributed by atoms with E-state index in [1.165, 1.54) is 14.2 Å². The average Bonchev–Trinajstić information content (AvgIpc) is 2.04. The molecule has 4 nitrogen and oxygen atoms in total. The van der Waals surface area contributed by atoms with E-state index in [0.717, 1.165) is 0 Å². The van der Waals surface area contributed by atoms with Crippen LogP contribution in [0, 0.1) is 0 Å². The molecule has 1 aliphatic heterocycles. The van der Waals surface area contributed by atoms with Crippen LogP contribution in [0.2, 0.25) is 0 Å². The summed E-state index contributed by atoms with van der Waals surface area (Å²) in [5.74, 6) is -0.0312. The summed E-state index contributed by atoms with van der Waals surface area (Å²) >= 11 is 0. The van der Waals surface area contributed by atoms with Crippen molar-refractivity contribution in [3.63, 3.8) is 0 Å². The number of carbonyl (C=O) groups excluding carboxylic acids is 1. The number of hydrogen-bond acceptors (Lipinski definition) is 4. The van der Waals surface area contributed by atoms with E-state index in [2.05, 4.69) is 0 Å². The second-order valence-corrected chi connectivity index (χ2v) is 3.26. The number of ketones is 1. The molecule has 0 amide bonds. The van der Waals surface area contributed by atoms with E-state index in [-0.39, 0.29) is 18.0 Å². The lowest BCUT2D eigenvalue weighted by Gasteiger charge is -2.35. The van der Waals surface area contributed by atoms with Gasteiger partial charge in [0.25, 0.3) is 0 Å². The molecule has 1 aliphatic rings. The van der Waals surface area contributed by atoms with Gasteiger partial charge in [0, 0.05) is 14.2 Å². The van der Waals surface area contributed by atoms with Gasteiger partial charge in [-0.2, -0.15) is 0 Å². The third-order valence-corrected chi connectivity index (χ3v) is 2.35. The maximum Gasteiger partial charge on any atom is 0.195 e. The van der Waals surface area contributed by atoms with Gasteiger partial charge in [0.05, 0.1) is 12.2 Å². The topological polar surface area (TPSA) is 44.8 Å². The van der Waals surface area contributed by atoms with Crippen molar-refractivity contribution in [1.82, 2.24) is 0 Å². The highest BCUT2D eigenvalue weighted by molar-refractivity contribution is 5.89. The van der Waals surface area contributed by atoms with Crippen LogP contribution in [0.4, 0.5) is 0 Å². The third kappa shape index (κ3) is 1.90. The number of hydrogen-bond donors (Lipinski definition) is 0. The number of Topliss-reactive ketones (excluding diaryl/α,β-unsaturated/α-hetero) is 1. The predicted molar refractivity (Wildman–Crippen MR) is 46.6 cm³/mol. The van der Waals surface area contributed by atoms with E-state index in [1.54, 1.807) is 0 Å². The highest BCUT2D eigenvalue weighted by Crippen LogP contribution is 2.20. The molecule has 13 heavy (non-hydrogen) atoms. The average molecular weight is 188 g/mol. The zero-order valence-electron chi connectivity index (χ0n) is 8.44. The van der Waals surface area contributed by atoms with Crippen molar-refractivity contribution in [1.29, 1.82) is 0 Å². The summed E-state index contributed by atoms with van der Waals surface area (Å²) < 4.78 is 15.6. The van der Waals surface area contributed by atoms with Crippen LogP contribution in [0.25, 0.3) is 0 Å². The molecule has 0 spiro atoms. The molecule has 1 heterocycles. The maximum atomic E-state index is 11.7. The maximum absolute atomic E-state index is 11.7. The Morgan fingerprint density at radius 3 is 1.77 bits per heavy atom. The van der Waals surface area contributed by atoms with Crippen LogP contribution in [0.15, 0.2) is 0 Å². The largest absolute Gasteiger partial charge is 0.371 e. The number of ether oxygens (including phenoxy) is 3. The van der Waals surface area contributed by atoms with Crippen molar-refractivity contribution in [2.24, 2.45) is 0 Å². The molecule has 76 valence electrons. The number of rotatable bonds is 2. The standard InChI is InChI=1S/C9H16O4/c1-5-8(11-3)7(10)9(12-4)6(2)13-5/h5-6,8-9H,1-4H3/t5-,6?,8-,9-/m0/s1. The Balaban J connectivity index is 2.75. The van der Waals surface area contributed by atoms with E-state index in [0.29, 0.717) is 0 Å². The summed E-state index contributed by atoms with van der Waals surface area (Å²) in [5.41, 5.74) is 0. The molecule has 0 aromatic carbocycles. The van der Waals surface area contributed by atoms with Crippen molar-refractivity contribution in [2.75, 3.05) is 14.2 Å². The zero-order valence-corrected chi connectivity index (χ0v) is 8.44. The van der Waals surface area contributed by atoms with E-state index in [4.69, 9.17) is 14.2 Å². The van der Waals surface area contributed by atoms with Gasteiger partial charge in [0.2, 0.25) is 0 Å². The highest BCUT2D eigenvalue weighted by Gasteiger charge is 2.41. The molecule has 1 saturated heterocycles. The molecule has 0 aliphatic carbocycles. The zero-order chi connectivity index (χ0) is 10.0. The quantitative estimate of drug-likeness (QED) is 0.629. The van der Waals surface area contributed by atoms with Crippen molar-refractivity contribution < 1.29 is 19.0 Å². The minimum absolute atomic E-state index is 0.0312. The van der Waals surface area contributed by atoms with Gasteiger partial charge < -0.3 is 14.2 Å². The smallest absolute Gasteiger partial charge is 0.195 e. The molecule has 1 fully saturated rings. The first-order valence-corrected chi connectivity index (χ1v) is 4.36. The SMILES string of the molecule is CO[C@@H]1C(=O)[C@@H](OC)[C@H](C)OC1C. The van der Waals surface area contributed by atoms with Crippen LogP contribution < -0.4 is 0 Å². The fourth-order valence-corrected chi connectivity index (χ4v) is 1.72. The Morgan fingerprint density at radius 2 is 1.46 bits per heavy atom.